The van der Waals surface area contributed by atoms with Gasteiger partial charge in [-0.1, -0.05) is 38.0 Å². The molecule has 7 heteroatoms. The summed E-state index contributed by atoms with van der Waals surface area (Å²) < 4.78 is 27.8. The molecule has 2 heterocycles. The van der Waals surface area contributed by atoms with Gasteiger partial charge in [-0.25, -0.2) is 8.42 Å². The molecule has 2 aromatic carbocycles. The van der Waals surface area contributed by atoms with Crippen LogP contribution >= 0.6 is 0 Å². The number of fused-ring (bicyclic) bond motifs is 3. The molecule has 6 nitrogen and oxygen atoms in total. The molecular formula is C28H37N3O3S. The number of piperazine rings is 1. The maximum atomic E-state index is 13.7. The van der Waals surface area contributed by atoms with Crippen LogP contribution in [0.25, 0.3) is 0 Å². The second kappa shape index (κ2) is 9.58. The van der Waals surface area contributed by atoms with Gasteiger partial charge in [-0.15, -0.1) is 0 Å². The van der Waals surface area contributed by atoms with Gasteiger partial charge in [0.1, 0.15) is 0 Å². The van der Waals surface area contributed by atoms with Crippen LogP contribution in [-0.2, 0) is 10.0 Å². The minimum Gasteiger partial charge on any atom is -0.364 e. The minimum absolute atomic E-state index is 0.0188. The number of aryl methyl sites for hydroxylation is 1. The number of rotatable bonds is 7. The number of hydrogen-bond donors (Lipinski definition) is 0. The average Bonchev–Trinajstić information content (AvgIpc) is 3.18. The quantitative estimate of drug-likeness (QED) is 0.554. The number of anilines is 1. The van der Waals surface area contributed by atoms with Crippen LogP contribution in [0.2, 0.25) is 0 Å². The summed E-state index contributed by atoms with van der Waals surface area (Å²) in [7, 11) is -3.55. The summed E-state index contributed by atoms with van der Waals surface area (Å²) in [6.45, 7) is 8.68. The van der Waals surface area contributed by atoms with Crippen LogP contribution < -0.4 is 4.90 Å². The van der Waals surface area contributed by atoms with Crippen molar-refractivity contribution in [2.45, 2.75) is 75.8 Å². The van der Waals surface area contributed by atoms with E-state index in [2.05, 4.69) is 34.9 Å². The van der Waals surface area contributed by atoms with Gasteiger partial charge in [0.05, 0.1) is 17.0 Å². The van der Waals surface area contributed by atoms with E-state index in [0.29, 0.717) is 37.2 Å². The summed E-state index contributed by atoms with van der Waals surface area (Å²) in [6.07, 6.45) is 4.86. The number of carbonyl (C=O) groups is 1. The van der Waals surface area contributed by atoms with Gasteiger partial charge in [0, 0.05) is 43.3 Å². The normalized spacial score (nSPS) is 23.4. The van der Waals surface area contributed by atoms with E-state index in [4.69, 9.17) is 0 Å². The fraction of sp³-hybridized carbons (Fsp3) is 0.536. The smallest absolute Gasteiger partial charge is 0.254 e. The Hall–Kier alpha value is -2.38. The highest BCUT2D eigenvalue weighted by molar-refractivity contribution is 7.89. The first-order valence-electron chi connectivity index (χ1n) is 13.1. The Labute approximate surface area is 210 Å². The number of carbonyl (C=O) groups excluding carboxylic acids is 1. The second-order valence-corrected chi connectivity index (χ2v) is 12.2. The fourth-order valence-corrected chi connectivity index (χ4v) is 8.12. The summed E-state index contributed by atoms with van der Waals surface area (Å²) in [5, 5.41) is 0. The van der Waals surface area contributed by atoms with Gasteiger partial charge in [-0.3, -0.25) is 4.79 Å². The molecule has 0 unspecified atom stereocenters. The number of sulfonamides is 1. The SMILES string of the molecule is CCCN(CCC)S(=O)(=O)c1ccc(C(=O)N2CCN3c4ccc(C)cc4[C@@H]4CCC[C@@H]2[C@@H]43)cc1. The molecule has 1 saturated carbocycles. The van der Waals surface area contributed by atoms with Crippen molar-refractivity contribution in [3.8, 4) is 0 Å². The van der Waals surface area contributed by atoms with Crippen molar-refractivity contribution >= 4 is 21.6 Å². The first kappa shape index (κ1) is 24.3. The standard InChI is InChI=1S/C28H37N3O3S/c1-4-15-29(16-5-2)35(33,34)22-12-10-21(11-13-22)28(32)31-18-17-30-25-14-9-20(3)19-24(25)23-7-6-8-26(31)27(23)30/h9-14,19,23,26-27H,4-8,15-18H2,1-3H3/t23-,26+,27+/m0/s1. The van der Waals surface area contributed by atoms with Crippen molar-refractivity contribution in [2.75, 3.05) is 31.1 Å². The van der Waals surface area contributed by atoms with Gasteiger partial charge in [-0.05, 0) is 68.5 Å². The molecule has 1 amide bonds. The van der Waals surface area contributed by atoms with Crippen LogP contribution in [0.5, 0.6) is 0 Å². The molecule has 3 atom stereocenters. The van der Waals surface area contributed by atoms with E-state index in [1.807, 2.05) is 13.8 Å². The van der Waals surface area contributed by atoms with E-state index in [1.54, 1.807) is 28.6 Å². The van der Waals surface area contributed by atoms with Crippen LogP contribution in [0.1, 0.15) is 73.4 Å². The highest BCUT2D eigenvalue weighted by Crippen LogP contribution is 2.50. The van der Waals surface area contributed by atoms with Crippen molar-refractivity contribution in [3.63, 3.8) is 0 Å². The molecule has 2 aromatic rings. The molecule has 5 rings (SSSR count). The Morgan fingerprint density at radius 2 is 1.71 bits per heavy atom. The molecule has 0 bridgehead atoms. The van der Waals surface area contributed by atoms with Crippen molar-refractivity contribution in [3.05, 3.63) is 59.2 Å². The zero-order valence-corrected chi connectivity index (χ0v) is 21.9. The third-order valence-corrected chi connectivity index (χ3v) is 9.91. The summed E-state index contributed by atoms with van der Waals surface area (Å²) >= 11 is 0. The molecule has 3 aliphatic rings. The summed E-state index contributed by atoms with van der Waals surface area (Å²) in [5.41, 5.74) is 4.67. The molecule has 188 valence electrons. The Kier molecular flexibility index (Phi) is 6.66. The molecule has 1 aliphatic carbocycles. The van der Waals surface area contributed by atoms with Crippen LogP contribution in [0, 0.1) is 6.92 Å². The molecule has 0 radical (unpaired) electrons. The fourth-order valence-electron chi connectivity index (χ4n) is 6.49. The van der Waals surface area contributed by atoms with E-state index >= 15 is 0 Å². The first-order chi connectivity index (χ1) is 16.9. The Morgan fingerprint density at radius 1 is 1.00 bits per heavy atom. The van der Waals surface area contributed by atoms with Crippen LogP contribution in [0.4, 0.5) is 5.69 Å². The lowest BCUT2D eigenvalue weighted by Gasteiger charge is -2.49. The van der Waals surface area contributed by atoms with Crippen molar-refractivity contribution in [1.29, 1.82) is 0 Å². The number of hydrogen-bond acceptors (Lipinski definition) is 4. The number of amides is 1. The Morgan fingerprint density at radius 3 is 2.40 bits per heavy atom. The van der Waals surface area contributed by atoms with E-state index in [-0.39, 0.29) is 16.8 Å². The number of nitrogens with zero attached hydrogens (tertiary/aromatic N) is 3. The molecule has 2 aliphatic heterocycles. The monoisotopic (exact) mass is 495 g/mol. The van der Waals surface area contributed by atoms with Gasteiger partial charge in [-0.2, -0.15) is 4.31 Å². The highest BCUT2D eigenvalue weighted by atomic mass is 32.2. The van der Waals surface area contributed by atoms with E-state index in [0.717, 1.165) is 32.2 Å². The van der Waals surface area contributed by atoms with Crippen LogP contribution in [0.15, 0.2) is 47.4 Å². The van der Waals surface area contributed by atoms with Gasteiger partial charge in [0.25, 0.3) is 5.91 Å². The van der Waals surface area contributed by atoms with Gasteiger partial charge in [0.2, 0.25) is 10.0 Å². The Bertz CT molecular complexity index is 1190. The lowest BCUT2D eigenvalue weighted by molar-refractivity contribution is 0.0532. The van der Waals surface area contributed by atoms with Gasteiger partial charge < -0.3 is 9.80 Å². The Balaban J connectivity index is 1.37. The minimum atomic E-state index is -3.55. The molecule has 35 heavy (non-hydrogen) atoms. The van der Waals surface area contributed by atoms with Gasteiger partial charge >= 0.3 is 0 Å². The average molecular weight is 496 g/mol. The molecule has 0 N–H and O–H groups in total. The zero-order valence-electron chi connectivity index (χ0n) is 21.1. The first-order valence-corrected chi connectivity index (χ1v) is 14.6. The molecule has 2 fully saturated rings. The van der Waals surface area contributed by atoms with E-state index in [9.17, 15) is 13.2 Å². The van der Waals surface area contributed by atoms with Crippen LogP contribution in [-0.4, -0.2) is 61.8 Å². The van der Waals surface area contributed by atoms with Gasteiger partial charge in [0.15, 0.2) is 0 Å². The third kappa shape index (κ3) is 4.16. The predicted octanol–water partition coefficient (Wildman–Crippen LogP) is 4.79. The maximum absolute atomic E-state index is 13.7. The second-order valence-electron chi connectivity index (χ2n) is 10.3. The van der Waals surface area contributed by atoms with Crippen molar-refractivity contribution < 1.29 is 13.2 Å². The number of benzene rings is 2. The molecule has 0 aromatic heterocycles. The lowest BCUT2D eigenvalue weighted by atomic mass is 9.77. The maximum Gasteiger partial charge on any atom is 0.254 e. The van der Waals surface area contributed by atoms with Crippen molar-refractivity contribution in [2.24, 2.45) is 0 Å². The molecule has 0 spiro atoms. The molecular weight excluding hydrogens is 458 g/mol. The van der Waals surface area contributed by atoms with E-state index < -0.39 is 10.0 Å². The topological polar surface area (TPSA) is 60.9 Å². The molecule has 1 saturated heterocycles. The summed E-state index contributed by atoms with van der Waals surface area (Å²) in [4.78, 5) is 18.5. The van der Waals surface area contributed by atoms with E-state index in [1.165, 1.54) is 23.2 Å². The highest BCUT2D eigenvalue weighted by Gasteiger charge is 2.50. The lowest BCUT2D eigenvalue weighted by Crippen LogP contribution is -2.62. The van der Waals surface area contributed by atoms with Crippen molar-refractivity contribution in [1.82, 2.24) is 9.21 Å². The summed E-state index contributed by atoms with van der Waals surface area (Å²) in [6, 6.07) is 13.9. The zero-order chi connectivity index (χ0) is 24.7. The third-order valence-electron chi connectivity index (χ3n) is 8.00. The summed E-state index contributed by atoms with van der Waals surface area (Å²) in [5.74, 6) is 0.500. The van der Waals surface area contributed by atoms with Crippen LogP contribution in [0.3, 0.4) is 0 Å². The largest absolute Gasteiger partial charge is 0.364 e. The predicted molar refractivity (Wildman–Crippen MR) is 140 cm³/mol.